The van der Waals surface area contributed by atoms with Gasteiger partial charge in [-0.2, -0.15) is 0 Å². The number of benzene rings is 3. The molecule has 1 amide bonds. The van der Waals surface area contributed by atoms with Gasteiger partial charge >= 0.3 is 11.9 Å². The van der Waals surface area contributed by atoms with Gasteiger partial charge in [0.2, 0.25) is 5.91 Å². The summed E-state index contributed by atoms with van der Waals surface area (Å²) in [6.07, 6.45) is 0. The molecule has 0 aliphatic carbocycles. The number of carbonyl (C=O) groups excluding carboxylic acids is 3. The van der Waals surface area contributed by atoms with E-state index in [0.29, 0.717) is 0 Å². The van der Waals surface area contributed by atoms with Gasteiger partial charge in [0.05, 0.1) is 17.2 Å². The molecular weight excluding hydrogens is 408 g/mol. The van der Waals surface area contributed by atoms with Crippen LogP contribution >= 0.6 is 0 Å². The van der Waals surface area contributed by atoms with Crippen LogP contribution in [-0.4, -0.2) is 23.9 Å². The zero-order valence-corrected chi connectivity index (χ0v) is 17.6. The van der Waals surface area contributed by atoms with Crippen LogP contribution in [0.3, 0.4) is 0 Å². The number of anilines is 1. The molecule has 164 valence electrons. The van der Waals surface area contributed by atoms with Gasteiger partial charge in [-0.3, -0.25) is 4.79 Å². The van der Waals surface area contributed by atoms with Gasteiger partial charge in [-0.1, -0.05) is 60.7 Å². The first-order valence-corrected chi connectivity index (χ1v) is 10.1. The van der Waals surface area contributed by atoms with E-state index >= 15 is 0 Å². The monoisotopic (exact) mass is 432 g/mol. The minimum Gasteiger partial charge on any atom is -0.457 e. The predicted molar refractivity (Wildman–Crippen MR) is 120 cm³/mol. The van der Waals surface area contributed by atoms with Crippen molar-refractivity contribution >= 4 is 23.5 Å². The van der Waals surface area contributed by atoms with Crippen molar-refractivity contribution in [3.8, 4) is 0 Å². The average Bonchev–Trinajstić information content (AvgIpc) is 2.82. The number of hydrogen-bond acceptors (Lipinski definition) is 6. The summed E-state index contributed by atoms with van der Waals surface area (Å²) in [4.78, 5) is 37.3. The van der Waals surface area contributed by atoms with Gasteiger partial charge in [-0.05, 0) is 36.2 Å². The van der Waals surface area contributed by atoms with E-state index in [9.17, 15) is 14.4 Å². The van der Waals surface area contributed by atoms with Crippen molar-refractivity contribution in [1.29, 1.82) is 0 Å². The summed E-state index contributed by atoms with van der Waals surface area (Å²) >= 11 is 0. The van der Waals surface area contributed by atoms with E-state index in [1.807, 2.05) is 60.7 Å². The second-order valence-electron chi connectivity index (χ2n) is 7.20. The molecule has 7 nitrogen and oxygen atoms in total. The van der Waals surface area contributed by atoms with Gasteiger partial charge in [-0.15, -0.1) is 0 Å². The highest BCUT2D eigenvalue weighted by Gasteiger charge is 2.17. The number of hydrogen-bond donors (Lipinski definition) is 2. The molecule has 0 bridgehead atoms. The third-order valence-corrected chi connectivity index (χ3v) is 4.51. The number of carbonyl (C=O) groups is 3. The highest BCUT2D eigenvalue weighted by Crippen LogP contribution is 2.19. The van der Waals surface area contributed by atoms with Gasteiger partial charge in [0.25, 0.3) is 0 Å². The van der Waals surface area contributed by atoms with Crippen molar-refractivity contribution in [3.63, 3.8) is 0 Å². The van der Waals surface area contributed by atoms with Crippen molar-refractivity contribution < 1.29 is 23.9 Å². The maximum atomic E-state index is 12.6. The van der Waals surface area contributed by atoms with E-state index in [-0.39, 0.29) is 30.0 Å². The van der Waals surface area contributed by atoms with Gasteiger partial charge in [-0.25, -0.2) is 9.59 Å². The van der Waals surface area contributed by atoms with Crippen LogP contribution in [0.4, 0.5) is 5.69 Å². The lowest BCUT2D eigenvalue weighted by Crippen LogP contribution is -2.32. The minimum absolute atomic E-state index is 0.0733. The number of nitrogens with one attached hydrogen (secondary N) is 1. The first kappa shape index (κ1) is 22.7. The van der Waals surface area contributed by atoms with Crippen molar-refractivity contribution in [2.24, 2.45) is 5.73 Å². The summed E-state index contributed by atoms with van der Waals surface area (Å²) < 4.78 is 10.7. The van der Waals surface area contributed by atoms with Crippen molar-refractivity contribution in [1.82, 2.24) is 0 Å². The molecule has 0 aromatic heterocycles. The summed E-state index contributed by atoms with van der Waals surface area (Å²) in [7, 11) is 0. The molecule has 0 aliphatic rings. The molecule has 3 aromatic rings. The van der Waals surface area contributed by atoms with Crippen LogP contribution in [-0.2, 0) is 27.5 Å². The lowest BCUT2D eigenvalue weighted by molar-refractivity contribution is -0.117. The molecular formula is C25H24N2O5. The Hall–Kier alpha value is -3.97. The molecule has 0 radical (unpaired) electrons. The maximum Gasteiger partial charge on any atom is 0.338 e. The molecule has 0 aliphatic heterocycles. The molecule has 32 heavy (non-hydrogen) atoms. The van der Waals surface area contributed by atoms with Crippen LogP contribution < -0.4 is 11.1 Å². The van der Waals surface area contributed by atoms with Crippen LogP contribution in [0, 0.1) is 0 Å². The van der Waals surface area contributed by atoms with Crippen LogP contribution in [0.2, 0.25) is 0 Å². The SMILES string of the molecule is CC(N)C(=O)Nc1cc(C(=O)OCc2ccccc2)cc(C(=O)OCc2ccccc2)c1. The van der Waals surface area contributed by atoms with Crippen molar-refractivity contribution in [2.45, 2.75) is 26.2 Å². The van der Waals surface area contributed by atoms with Gasteiger partial charge < -0.3 is 20.5 Å². The Labute approximate surface area is 186 Å². The topological polar surface area (TPSA) is 108 Å². The first-order chi connectivity index (χ1) is 15.4. The summed E-state index contributed by atoms with van der Waals surface area (Å²) in [6, 6.07) is 21.9. The fourth-order valence-corrected chi connectivity index (χ4v) is 2.80. The first-order valence-electron chi connectivity index (χ1n) is 10.1. The van der Waals surface area contributed by atoms with E-state index in [1.54, 1.807) is 0 Å². The quantitative estimate of drug-likeness (QED) is 0.526. The normalized spacial score (nSPS) is 11.3. The Kier molecular flexibility index (Phi) is 7.72. The van der Waals surface area contributed by atoms with Gasteiger partial charge in [0.15, 0.2) is 0 Å². The molecule has 0 fully saturated rings. The highest BCUT2D eigenvalue weighted by molar-refractivity contribution is 6.00. The van der Waals surface area contributed by atoms with Crippen molar-refractivity contribution in [3.05, 3.63) is 101 Å². The molecule has 1 atom stereocenters. The number of nitrogens with two attached hydrogens (primary N) is 1. The second-order valence-corrected chi connectivity index (χ2v) is 7.20. The van der Waals surface area contributed by atoms with Crippen molar-refractivity contribution in [2.75, 3.05) is 5.32 Å². The lowest BCUT2D eigenvalue weighted by atomic mass is 10.1. The average molecular weight is 432 g/mol. The predicted octanol–water partition coefficient (Wildman–Crippen LogP) is 3.69. The Balaban J connectivity index is 1.79. The third kappa shape index (κ3) is 6.52. The Morgan fingerprint density at radius 3 is 1.62 bits per heavy atom. The van der Waals surface area contributed by atoms with E-state index < -0.39 is 23.9 Å². The molecule has 0 heterocycles. The molecule has 3 aromatic carbocycles. The number of ether oxygens (including phenoxy) is 2. The molecule has 0 saturated heterocycles. The van der Waals surface area contributed by atoms with Crippen LogP contribution in [0.15, 0.2) is 78.9 Å². The number of rotatable bonds is 8. The summed E-state index contributed by atoms with van der Waals surface area (Å²) in [5.74, 6) is -1.73. The number of amides is 1. The molecule has 1 unspecified atom stereocenters. The zero-order valence-electron chi connectivity index (χ0n) is 17.6. The Morgan fingerprint density at radius 2 is 1.22 bits per heavy atom. The molecule has 3 rings (SSSR count). The van der Waals surface area contributed by atoms with E-state index in [1.165, 1.54) is 25.1 Å². The third-order valence-electron chi connectivity index (χ3n) is 4.51. The van der Waals surface area contributed by atoms with Crippen LogP contribution in [0.25, 0.3) is 0 Å². The van der Waals surface area contributed by atoms with Crippen LogP contribution in [0.5, 0.6) is 0 Å². The maximum absolute atomic E-state index is 12.6. The summed E-state index contributed by atoms with van der Waals surface area (Å²) in [5, 5.41) is 2.60. The number of esters is 2. The largest absolute Gasteiger partial charge is 0.457 e. The van der Waals surface area contributed by atoms with Gasteiger partial charge in [0.1, 0.15) is 13.2 Å². The smallest absolute Gasteiger partial charge is 0.338 e. The van der Waals surface area contributed by atoms with E-state index in [0.717, 1.165) is 11.1 Å². The van der Waals surface area contributed by atoms with E-state index in [2.05, 4.69) is 5.32 Å². The Morgan fingerprint density at radius 1 is 0.781 bits per heavy atom. The molecule has 0 spiro atoms. The molecule has 7 heteroatoms. The summed E-state index contributed by atoms with van der Waals surface area (Å²) in [6.45, 7) is 1.68. The minimum atomic E-state index is -0.767. The molecule has 3 N–H and O–H groups in total. The molecule has 0 saturated carbocycles. The van der Waals surface area contributed by atoms with Gasteiger partial charge in [0, 0.05) is 5.69 Å². The fourth-order valence-electron chi connectivity index (χ4n) is 2.80. The standard InChI is InChI=1S/C25H24N2O5/c1-17(26)23(28)27-22-13-20(24(29)31-15-18-8-4-2-5-9-18)12-21(14-22)25(30)32-16-19-10-6-3-7-11-19/h2-14,17H,15-16,26H2,1H3,(H,27,28). The van der Waals surface area contributed by atoms with Crippen LogP contribution in [0.1, 0.15) is 38.8 Å². The summed E-state index contributed by atoms with van der Waals surface area (Å²) in [5.41, 5.74) is 7.71. The second kappa shape index (κ2) is 10.9. The Bertz CT molecular complexity index is 1010. The van der Waals surface area contributed by atoms with E-state index in [4.69, 9.17) is 15.2 Å². The lowest BCUT2D eigenvalue weighted by Gasteiger charge is -2.12. The highest BCUT2D eigenvalue weighted by atomic mass is 16.5. The zero-order chi connectivity index (χ0) is 22.9. The fraction of sp³-hybridized carbons (Fsp3) is 0.160.